The second-order valence-corrected chi connectivity index (χ2v) is 4.79. The molecule has 0 bridgehead atoms. The number of hydrogen-bond donors (Lipinski definition) is 1. The van der Waals surface area contributed by atoms with Crippen molar-refractivity contribution in [2.75, 3.05) is 6.61 Å². The number of hydrogen-bond acceptors (Lipinski definition) is 2. The molecule has 0 unspecified atom stereocenters. The molecule has 3 nitrogen and oxygen atoms in total. The third-order valence-electron chi connectivity index (χ3n) is 2.60. The van der Waals surface area contributed by atoms with Crippen LogP contribution in [0.1, 0.15) is 18.1 Å². The minimum Gasteiger partial charge on any atom is -0.493 e. The molecular weight excluding hydrogens is 282 g/mol. The molecule has 1 N–H and O–H groups in total. The minimum absolute atomic E-state index is 0.0841. The van der Waals surface area contributed by atoms with Crippen molar-refractivity contribution in [3.8, 4) is 5.75 Å². The van der Waals surface area contributed by atoms with E-state index < -0.39 is 0 Å². The number of allylic oxidation sites excluding steroid dienone is 1. The molecule has 1 heterocycles. The fourth-order valence-electron chi connectivity index (χ4n) is 1.87. The zero-order chi connectivity index (χ0) is 12.3. The molecule has 90 valence electrons. The molecule has 1 aliphatic rings. The van der Waals surface area contributed by atoms with Crippen molar-refractivity contribution in [3.05, 3.63) is 39.9 Å². The molecule has 0 spiro atoms. The second-order valence-electron chi connectivity index (χ2n) is 3.87. The maximum atomic E-state index is 11.4. The Hall–Kier alpha value is -1.29. The van der Waals surface area contributed by atoms with E-state index in [0.717, 1.165) is 28.8 Å². The quantitative estimate of drug-likeness (QED) is 0.871. The van der Waals surface area contributed by atoms with E-state index in [1.54, 1.807) is 6.08 Å². The second kappa shape index (κ2) is 5.36. The lowest BCUT2D eigenvalue weighted by Crippen LogP contribution is -2.20. The molecule has 0 atom stereocenters. The number of carbonyl (C=O) groups is 1. The number of fused-ring (bicyclic) bond motifs is 1. The van der Waals surface area contributed by atoms with E-state index in [9.17, 15) is 4.79 Å². The number of rotatable bonds is 3. The average Bonchev–Trinajstić information content (AvgIpc) is 2.74. The Morgan fingerprint density at radius 3 is 3.18 bits per heavy atom. The summed E-state index contributed by atoms with van der Waals surface area (Å²) in [6.45, 7) is 3.03. The van der Waals surface area contributed by atoms with Gasteiger partial charge in [-0.25, -0.2) is 0 Å². The van der Waals surface area contributed by atoms with Crippen LogP contribution in [0.3, 0.4) is 0 Å². The van der Waals surface area contributed by atoms with Crippen LogP contribution in [0, 0.1) is 0 Å². The lowest BCUT2D eigenvalue weighted by atomic mass is 10.1. The van der Waals surface area contributed by atoms with E-state index >= 15 is 0 Å². The van der Waals surface area contributed by atoms with Crippen molar-refractivity contribution in [3.63, 3.8) is 0 Å². The molecule has 0 aromatic heterocycles. The van der Waals surface area contributed by atoms with E-state index in [2.05, 4.69) is 27.3 Å². The molecule has 1 amide bonds. The smallest absolute Gasteiger partial charge is 0.243 e. The first-order chi connectivity index (χ1) is 8.20. The van der Waals surface area contributed by atoms with Crippen molar-refractivity contribution >= 4 is 21.8 Å². The van der Waals surface area contributed by atoms with Gasteiger partial charge in [0, 0.05) is 23.0 Å². The third-order valence-corrected chi connectivity index (χ3v) is 3.05. The predicted octanol–water partition coefficient (Wildman–Crippen LogP) is 2.58. The SMILES string of the molecule is C/C=C/C(=O)NCc1cc(Br)cc2c1OCC2. The van der Waals surface area contributed by atoms with Crippen molar-refractivity contribution in [2.24, 2.45) is 0 Å². The molecule has 0 saturated carbocycles. The lowest BCUT2D eigenvalue weighted by Gasteiger charge is -2.09. The zero-order valence-corrected chi connectivity index (χ0v) is 11.2. The first-order valence-corrected chi connectivity index (χ1v) is 6.34. The summed E-state index contributed by atoms with van der Waals surface area (Å²) in [6.07, 6.45) is 4.17. The molecular formula is C13H14BrNO2. The van der Waals surface area contributed by atoms with E-state index in [1.807, 2.05) is 13.0 Å². The highest BCUT2D eigenvalue weighted by Gasteiger charge is 2.17. The Morgan fingerprint density at radius 1 is 1.59 bits per heavy atom. The average molecular weight is 296 g/mol. The summed E-state index contributed by atoms with van der Waals surface area (Å²) < 4.78 is 6.61. The minimum atomic E-state index is -0.0841. The van der Waals surface area contributed by atoms with Crippen molar-refractivity contribution < 1.29 is 9.53 Å². The van der Waals surface area contributed by atoms with Crippen LogP contribution in [-0.2, 0) is 17.8 Å². The molecule has 4 heteroatoms. The molecule has 0 aliphatic carbocycles. The summed E-state index contributed by atoms with van der Waals surface area (Å²) >= 11 is 3.47. The molecule has 1 aliphatic heterocycles. The summed E-state index contributed by atoms with van der Waals surface area (Å²) in [4.78, 5) is 11.4. The number of nitrogens with one attached hydrogen (secondary N) is 1. The van der Waals surface area contributed by atoms with Gasteiger partial charge in [-0.05, 0) is 30.7 Å². The van der Waals surface area contributed by atoms with Crippen LogP contribution in [0.15, 0.2) is 28.8 Å². The van der Waals surface area contributed by atoms with Gasteiger partial charge >= 0.3 is 0 Å². The van der Waals surface area contributed by atoms with Gasteiger partial charge in [-0.3, -0.25) is 4.79 Å². The van der Waals surface area contributed by atoms with Gasteiger partial charge in [-0.2, -0.15) is 0 Å². The van der Waals surface area contributed by atoms with Gasteiger partial charge in [0.15, 0.2) is 0 Å². The summed E-state index contributed by atoms with van der Waals surface area (Å²) in [7, 11) is 0. The molecule has 0 radical (unpaired) electrons. The summed E-state index contributed by atoms with van der Waals surface area (Å²) in [5, 5.41) is 2.83. The molecule has 17 heavy (non-hydrogen) atoms. The van der Waals surface area contributed by atoms with Crippen molar-refractivity contribution in [1.29, 1.82) is 0 Å². The van der Waals surface area contributed by atoms with Crippen molar-refractivity contribution in [1.82, 2.24) is 5.32 Å². The molecule has 2 rings (SSSR count). The van der Waals surface area contributed by atoms with Gasteiger partial charge in [0.1, 0.15) is 5.75 Å². The highest BCUT2D eigenvalue weighted by molar-refractivity contribution is 9.10. The normalized spacial score (nSPS) is 13.5. The molecule has 0 fully saturated rings. The summed E-state index contributed by atoms with van der Waals surface area (Å²) in [5.74, 6) is 0.841. The Labute approximate surface area is 109 Å². The van der Waals surface area contributed by atoms with Gasteiger partial charge in [-0.15, -0.1) is 0 Å². The fourth-order valence-corrected chi connectivity index (χ4v) is 2.42. The van der Waals surface area contributed by atoms with Gasteiger partial charge in [0.2, 0.25) is 5.91 Å². The maximum absolute atomic E-state index is 11.4. The zero-order valence-electron chi connectivity index (χ0n) is 9.63. The topological polar surface area (TPSA) is 38.3 Å². The van der Waals surface area contributed by atoms with Crippen molar-refractivity contribution in [2.45, 2.75) is 19.9 Å². The Bertz CT molecular complexity index is 469. The van der Waals surface area contributed by atoms with Crippen LogP contribution >= 0.6 is 15.9 Å². The molecule has 1 aromatic rings. The standard InChI is InChI=1S/C13H14BrNO2/c1-2-3-12(16)15-8-10-7-11(14)6-9-4-5-17-13(9)10/h2-3,6-7H,4-5,8H2,1H3,(H,15,16)/b3-2+. The van der Waals surface area contributed by atoms with Crippen LogP contribution in [0.2, 0.25) is 0 Å². The Morgan fingerprint density at radius 2 is 2.41 bits per heavy atom. The Balaban J connectivity index is 2.13. The first kappa shape index (κ1) is 12.2. The van der Waals surface area contributed by atoms with Crippen LogP contribution < -0.4 is 10.1 Å². The fraction of sp³-hybridized carbons (Fsp3) is 0.308. The van der Waals surface area contributed by atoms with Gasteiger partial charge in [0.25, 0.3) is 0 Å². The van der Waals surface area contributed by atoms with Crippen LogP contribution in [0.4, 0.5) is 0 Å². The van der Waals surface area contributed by atoms with Crippen LogP contribution in [-0.4, -0.2) is 12.5 Å². The number of benzene rings is 1. The van der Waals surface area contributed by atoms with E-state index in [4.69, 9.17) is 4.74 Å². The number of carbonyl (C=O) groups excluding carboxylic acids is 1. The summed E-state index contributed by atoms with van der Waals surface area (Å²) in [6, 6.07) is 4.06. The van der Waals surface area contributed by atoms with Crippen LogP contribution in [0.5, 0.6) is 5.75 Å². The van der Waals surface area contributed by atoms with Gasteiger partial charge in [0.05, 0.1) is 6.61 Å². The largest absolute Gasteiger partial charge is 0.493 e. The predicted molar refractivity (Wildman–Crippen MR) is 70.0 cm³/mol. The monoisotopic (exact) mass is 295 g/mol. The van der Waals surface area contributed by atoms with Gasteiger partial charge < -0.3 is 10.1 Å². The van der Waals surface area contributed by atoms with E-state index in [1.165, 1.54) is 11.6 Å². The highest BCUT2D eigenvalue weighted by Crippen LogP contribution is 2.32. The lowest BCUT2D eigenvalue weighted by molar-refractivity contribution is -0.116. The number of ether oxygens (including phenoxy) is 1. The van der Waals surface area contributed by atoms with Gasteiger partial charge in [-0.1, -0.05) is 22.0 Å². The molecule has 1 aromatic carbocycles. The summed E-state index contributed by atoms with van der Waals surface area (Å²) in [5.41, 5.74) is 2.22. The van der Waals surface area contributed by atoms with Crippen LogP contribution in [0.25, 0.3) is 0 Å². The van der Waals surface area contributed by atoms with E-state index in [-0.39, 0.29) is 5.91 Å². The highest BCUT2D eigenvalue weighted by atomic mass is 79.9. The third kappa shape index (κ3) is 2.88. The number of amides is 1. The number of halogens is 1. The Kier molecular flexibility index (Phi) is 3.84. The van der Waals surface area contributed by atoms with E-state index in [0.29, 0.717) is 6.54 Å². The first-order valence-electron chi connectivity index (χ1n) is 5.55. The maximum Gasteiger partial charge on any atom is 0.243 e. The molecule has 0 saturated heterocycles.